The molecule has 0 aromatic heterocycles. The van der Waals surface area contributed by atoms with Gasteiger partial charge in [0.25, 0.3) is 0 Å². The average molecular weight is 426 g/mol. The Balaban J connectivity index is 1.49. The Labute approximate surface area is 180 Å². The number of halogens is 1. The molecule has 29 heavy (non-hydrogen) atoms. The predicted octanol–water partition coefficient (Wildman–Crippen LogP) is 5.88. The lowest BCUT2D eigenvalue weighted by Gasteiger charge is -2.27. The quantitative estimate of drug-likeness (QED) is 0.664. The van der Waals surface area contributed by atoms with E-state index in [2.05, 4.69) is 36.5 Å². The molecule has 1 spiro atoms. The molecule has 0 unspecified atom stereocenters. The van der Waals surface area contributed by atoms with E-state index in [1.807, 2.05) is 0 Å². The zero-order valence-electron chi connectivity index (χ0n) is 16.5. The maximum atomic E-state index is 12.4. The minimum atomic E-state index is -0.326. The number of nitrogens with one attached hydrogen (secondary N) is 1. The molecule has 1 aliphatic carbocycles. The van der Waals surface area contributed by atoms with Gasteiger partial charge in [-0.15, -0.1) is 0 Å². The molecule has 0 atom stereocenters. The van der Waals surface area contributed by atoms with E-state index in [0.29, 0.717) is 10.8 Å². The van der Waals surface area contributed by atoms with Crippen LogP contribution in [0, 0.1) is 6.92 Å². The normalized spacial score (nSPS) is 17.7. The molecule has 2 aromatic rings. The number of carbonyl (C=O) groups is 1. The molecule has 6 heteroatoms. The third kappa shape index (κ3) is 4.90. The first-order valence-corrected chi connectivity index (χ1v) is 11.3. The van der Waals surface area contributed by atoms with E-state index in [4.69, 9.17) is 21.6 Å². The number of hydrogen-bond acceptors (Lipinski definition) is 4. The number of thioether (sulfide) groups is 1. The summed E-state index contributed by atoms with van der Waals surface area (Å²) in [5, 5.41) is 4.44. The summed E-state index contributed by atoms with van der Waals surface area (Å²) in [6.07, 6.45) is 5.54. The van der Waals surface area contributed by atoms with Gasteiger partial charge in [0.2, 0.25) is 5.91 Å². The molecule has 1 heterocycles. The number of hydrogen-bond donors (Lipinski definition) is 1. The van der Waals surface area contributed by atoms with Gasteiger partial charge in [0.15, 0.2) is 5.66 Å². The topological polar surface area (TPSA) is 53.8 Å². The highest BCUT2D eigenvalue weighted by Crippen LogP contribution is 2.38. The third-order valence-corrected chi connectivity index (χ3v) is 6.50. The van der Waals surface area contributed by atoms with Crippen molar-refractivity contribution >= 4 is 45.7 Å². The summed E-state index contributed by atoms with van der Waals surface area (Å²) in [4.78, 5) is 22.6. The zero-order chi connectivity index (χ0) is 20.3. The molecule has 1 amide bonds. The number of nitrogens with zero attached hydrogens (tertiary/aromatic N) is 2. The number of carbonyl (C=O) groups excluding carboxylic acids is 1. The number of anilines is 1. The number of amides is 1. The molecule has 2 aliphatic rings. The van der Waals surface area contributed by atoms with Crippen molar-refractivity contribution < 1.29 is 4.79 Å². The molecule has 4 nitrogen and oxygen atoms in total. The highest BCUT2D eigenvalue weighted by Gasteiger charge is 2.37. The van der Waals surface area contributed by atoms with Crippen LogP contribution in [0.3, 0.4) is 0 Å². The minimum Gasteiger partial charge on any atom is -0.325 e. The Morgan fingerprint density at radius 2 is 1.72 bits per heavy atom. The predicted molar refractivity (Wildman–Crippen MR) is 124 cm³/mol. The molecule has 4 rings (SSSR count). The van der Waals surface area contributed by atoms with Crippen molar-refractivity contribution in [2.24, 2.45) is 9.98 Å². The fourth-order valence-electron chi connectivity index (χ4n) is 3.73. The van der Waals surface area contributed by atoms with Gasteiger partial charge in [-0.05, 0) is 56.9 Å². The highest BCUT2D eigenvalue weighted by molar-refractivity contribution is 8.16. The molecule has 150 valence electrons. The number of benzene rings is 2. The molecule has 1 fully saturated rings. The number of aliphatic imine (C=N–C) groups is 2. The third-order valence-electron chi connectivity index (χ3n) is 5.28. The van der Waals surface area contributed by atoms with Crippen molar-refractivity contribution in [3.63, 3.8) is 0 Å². The second kappa shape index (κ2) is 8.72. The minimum absolute atomic E-state index is 0.0622. The Morgan fingerprint density at radius 3 is 2.41 bits per heavy atom. The fourth-order valence-corrected chi connectivity index (χ4v) is 4.73. The van der Waals surface area contributed by atoms with Gasteiger partial charge in [0.05, 0.1) is 11.5 Å². The van der Waals surface area contributed by atoms with E-state index in [1.54, 1.807) is 24.3 Å². The molecule has 2 aromatic carbocycles. The maximum Gasteiger partial charge on any atom is 0.234 e. The van der Waals surface area contributed by atoms with Gasteiger partial charge in [-0.2, -0.15) is 0 Å². The van der Waals surface area contributed by atoms with Gasteiger partial charge in [0.1, 0.15) is 5.04 Å². The van der Waals surface area contributed by atoms with E-state index < -0.39 is 0 Å². The van der Waals surface area contributed by atoms with E-state index in [0.717, 1.165) is 47.7 Å². The lowest BCUT2D eigenvalue weighted by molar-refractivity contribution is -0.113. The van der Waals surface area contributed by atoms with E-state index in [-0.39, 0.29) is 11.6 Å². The second-order valence-electron chi connectivity index (χ2n) is 7.63. The summed E-state index contributed by atoms with van der Waals surface area (Å²) in [6, 6.07) is 15.5. The van der Waals surface area contributed by atoms with Gasteiger partial charge in [-0.1, -0.05) is 59.6 Å². The van der Waals surface area contributed by atoms with Crippen LogP contribution in [-0.4, -0.2) is 28.1 Å². The average Bonchev–Trinajstić information content (AvgIpc) is 3.07. The van der Waals surface area contributed by atoms with Crippen LogP contribution in [0.2, 0.25) is 5.02 Å². The Bertz CT molecular complexity index is 945. The first kappa shape index (κ1) is 20.2. The SMILES string of the molecule is Cc1ccc(C2=NC3(CCCCC3)N=C2SCC(=O)Nc2ccc(Cl)cc2)cc1. The van der Waals surface area contributed by atoms with E-state index in [9.17, 15) is 4.79 Å². The van der Waals surface area contributed by atoms with Crippen molar-refractivity contribution in [2.75, 3.05) is 11.1 Å². The first-order valence-electron chi connectivity index (χ1n) is 9.98. The summed E-state index contributed by atoms with van der Waals surface area (Å²) < 4.78 is 0. The largest absolute Gasteiger partial charge is 0.325 e. The second-order valence-corrected chi connectivity index (χ2v) is 9.03. The summed E-state index contributed by atoms with van der Waals surface area (Å²) in [5.41, 5.74) is 3.63. The van der Waals surface area contributed by atoms with Crippen molar-refractivity contribution in [3.05, 3.63) is 64.7 Å². The smallest absolute Gasteiger partial charge is 0.234 e. The van der Waals surface area contributed by atoms with Crippen molar-refractivity contribution in [2.45, 2.75) is 44.7 Å². The standard InChI is InChI=1S/C23H24ClN3OS/c1-16-5-7-17(8-6-16)21-22(27-23(26-21)13-3-2-4-14-23)29-15-20(28)25-19-11-9-18(24)10-12-19/h5-12H,2-4,13-15H2,1H3,(H,25,28). The Hall–Kier alpha value is -2.11. The summed E-state index contributed by atoms with van der Waals surface area (Å²) in [6.45, 7) is 2.08. The molecular weight excluding hydrogens is 402 g/mol. The van der Waals surface area contributed by atoms with Crippen LogP contribution in [-0.2, 0) is 4.79 Å². The van der Waals surface area contributed by atoms with Gasteiger partial charge in [0, 0.05) is 16.3 Å². The van der Waals surface area contributed by atoms with E-state index in [1.165, 1.54) is 23.7 Å². The van der Waals surface area contributed by atoms with Crippen molar-refractivity contribution in [3.8, 4) is 0 Å². The maximum absolute atomic E-state index is 12.4. The summed E-state index contributed by atoms with van der Waals surface area (Å²) >= 11 is 7.38. The first-order chi connectivity index (χ1) is 14.0. The fraction of sp³-hybridized carbons (Fsp3) is 0.348. The molecule has 0 bridgehead atoms. The molecular formula is C23H24ClN3OS. The van der Waals surface area contributed by atoms with Crippen LogP contribution in [0.5, 0.6) is 0 Å². The number of aryl methyl sites for hydroxylation is 1. The molecule has 1 aliphatic heterocycles. The molecule has 0 saturated heterocycles. The Morgan fingerprint density at radius 1 is 1.03 bits per heavy atom. The lowest BCUT2D eigenvalue weighted by atomic mass is 9.90. The van der Waals surface area contributed by atoms with Crippen LogP contribution in [0.25, 0.3) is 0 Å². The Kier molecular flexibility index (Phi) is 6.07. The van der Waals surface area contributed by atoms with Gasteiger partial charge >= 0.3 is 0 Å². The van der Waals surface area contributed by atoms with Gasteiger partial charge in [-0.25, -0.2) is 4.99 Å². The zero-order valence-corrected chi connectivity index (χ0v) is 18.0. The van der Waals surface area contributed by atoms with Gasteiger partial charge in [-0.3, -0.25) is 9.79 Å². The highest BCUT2D eigenvalue weighted by atomic mass is 35.5. The van der Waals surface area contributed by atoms with E-state index >= 15 is 0 Å². The molecule has 0 radical (unpaired) electrons. The van der Waals surface area contributed by atoms with Crippen LogP contribution >= 0.6 is 23.4 Å². The molecule has 1 N–H and O–H groups in total. The lowest BCUT2D eigenvalue weighted by Crippen LogP contribution is -2.25. The van der Waals surface area contributed by atoms with Crippen LogP contribution in [0.1, 0.15) is 43.2 Å². The van der Waals surface area contributed by atoms with Crippen LogP contribution in [0.4, 0.5) is 5.69 Å². The van der Waals surface area contributed by atoms with Crippen LogP contribution < -0.4 is 5.32 Å². The number of rotatable bonds is 4. The van der Waals surface area contributed by atoms with Gasteiger partial charge < -0.3 is 5.32 Å². The molecule has 1 saturated carbocycles. The summed E-state index contributed by atoms with van der Waals surface area (Å²) in [7, 11) is 0. The van der Waals surface area contributed by atoms with Crippen molar-refractivity contribution in [1.82, 2.24) is 0 Å². The monoisotopic (exact) mass is 425 g/mol. The van der Waals surface area contributed by atoms with Crippen LogP contribution in [0.15, 0.2) is 58.5 Å². The summed E-state index contributed by atoms with van der Waals surface area (Å²) in [5.74, 6) is 0.232. The van der Waals surface area contributed by atoms with Crippen molar-refractivity contribution in [1.29, 1.82) is 0 Å².